The third-order valence-corrected chi connectivity index (χ3v) is 7.52. The normalized spacial score (nSPS) is 10.5. The molecule has 0 spiro atoms. The van der Waals surface area contributed by atoms with E-state index in [0.29, 0.717) is 66.8 Å². The van der Waals surface area contributed by atoms with Gasteiger partial charge in [0.25, 0.3) is 0 Å². The van der Waals surface area contributed by atoms with Gasteiger partial charge in [0.1, 0.15) is 17.8 Å². The van der Waals surface area contributed by atoms with Crippen LogP contribution in [0.5, 0.6) is 28.7 Å². The van der Waals surface area contributed by atoms with E-state index in [4.69, 9.17) is 33.5 Å². The van der Waals surface area contributed by atoms with Crippen molar-refractivity contribution in [3.8, 4) is 28.7 Å². The second-order valence-corrected chi connectivity index (χ2v) is 11.4. The molecule has 11 heteroatoms. The predicted octanol–water partition coefficient (Wildman–Crippen LogP) is 7.96. The van der Waals surface area contributed by atoms with Crippen molar-refractivity contribution in [2.45, 2.75) is 71.1 Å². The zero-order valence-corrected chi connectivity index (χ0v) is 28.8. The average molecular weight is 691 g/mol. The summed E-state index contributed by atoms with van der Waals surface area (Å²) in [6, 6.07) is 16.5. The Labute approximate surface area is 293 Å². The molecule has 0 aliphatic rings. The van der Waals surface area contributed by atoms with Crippen LogP contribution >= 0.6 is 0 Å². The highest BCUT2D eigenvalue weighted by molar-refractivity contribution is 5.91. The molecule has 0 unspecified atom stereocenters. The molecule has 0 saturated heterocycles. The molecule has 11 nitrogen and oxygen atoms in total. The van der Waals surface area contributed by atoms with Gasteiger partial charge in [0.05, 0.1) is 32.5 Å². The van der Waals surface area contributed by atoms with Gasteiger partial charge in [-0.1, -0.05) is 31.9 Å². The minimum Gasteiger partial charge on any atom is -0.494 e. The van der Waals surface area contributed by atoms with Crippen molar-refractivity contribution >= 4 is 24.2 Å². The van der Waals surface area contributed by atoms with Crippen molar-refractivity contribution in [3.63, 3.8) is 0 Å². The van der Waals surface area contributed by atoms with Crippen LogP contribution in [-0.4, -0.2) is 51.1 Å². The highest BCUT2D eigenvalue weighted by atomic mass is 17.2. The van der Waals surface area contributed by atoms with Crippen LogP contribution < -0.4 is 23.8 Å². The Hall–Kier alpha value is -5.16. The number of aldehydes is 1. The van der Waals surface area contributed by atoms with Gasteiger partial charge in [-0.2, -0.15) is 4.89 Å². The second kappa shape index (κ2) is 22.5. The number of benzene rings is 3. The lowest BCUT2D eigenvalue weighted by Gasteiger charge is -2.12. The first-order chi connectivity index (χ1) is 24.3. The van der Waals surface area contributed by atoms with E-state index in [2.05, 4.69) is 6.58 Å². The molecule has 0 aliphatic heterocycles. The number of hydrogen-bond donors (Lipinski definition) is 0. The molecule has 0 heterocycles. The molecular weight excluding hydrogens is 644 g/mol. The molecule has 0 fully saturated rings. The van der Waals surface area contributed by atoms with E-state index >= 15 is 0 Å². The van der Waals surface area contributed by atoms with Gasteiger partial charge < -0.3 is 28.6 Å². The lowest BCUT2D eigenvalue weighted by Crippen LogP contribution is -2.09. The summed E-state index contributed by atoms with van der Waals surface area (Å²) in [5, 5.41) is 0. The Morgan fingerprint density at radius 2 is 1.36 bits per heavy atom. The largest absolute Gasteiger partial charge is 0.494 e. The molecule has 3 aromatic rings. The zero-order valence-electron chi connectivity index (χ0n) is 28.8. The number of methoxy groups -OCH3 is 1. The summed E-state index contributed by atoms with van der Waals surface area (Å²) in [5.41, 5.74) is 1.69. The highest BCUT2D eigenvalue weighted by Gasteiger charge is 2.14. The summed E-state index contributed by atoms with van der Waals surface area (Å²) >= 11 is 0. The fourth-order valence-corrected chi connectivity index (χ4v) is 4.67. The number of carbonyl (C=O) groups is 4. The number of carbonyl (C=O) groups excluding carboxylic acids is 4. The molecule has 0 bridgehead atoms. The number of ether oxygens (including phenoxy) is 5. The topological polar surface area (TPSA) is 133 Å². The molecule has 0 radical (unpaired) electrons. The number of esters is 3. The first kappa shape index (κ1) is 39.3. The fourth-order valence-electron chi connectivity index (χ4n) is 4.67. The molecule has 268 valence electrons. The molecule has 0 aliphatic carbocycles. The van der Waals surface area contributed by atoms with Crippen molar-refractivity contribution in [3.05, 3.63) is 90.0 Å². The van der Waals surface area contributed by atoms with Crippen molar-refractivity contribution in [2.75, 3.05) is 26.9 Å². The van der Waals surface area contributed by atoms with Gasteiger partial charge in [-0.05, 0) is 99.5 Å². The van der Waals surface area contributed by atoms with Gasteiger partial charge in [0.2, 0.25) is 0 Å². The van der Waals surface area contributed by atoms with E-state index in [1.165, 1.54) is 7.11 Å². The van der Waals surface area contributed by atoms with Crippen molar-refractivity contribution in [1.29, 1.82) is 0 Å². The maximum absolute atomic E-state index is 12.8. The zero-order chi connectivity index (χ0) is 36.0. The third-order valence-electron chi connectivity index (χ3n) is 7.52. The Morgan fingerprint density at radius 3 is 2.08 bits per heavy atom. The average Bonchev–Trinajstić information content (AvgIpc) is 3.13. The van der Waals surface area contributed by atoms with Crippen LogP contribution in [0, 0.1) is 6.92 Å². The maximum Gasteiger partial charge on any atom is 0.343 e. The fraction of sp³-hybridized carbons (Fsp3) is 0.385. The van der Waals surface area contributed by atoms with Gasteiger partial charge in [-0.15, -0.1) is 0 Å². The molecule has 3 aromatic carbocycles. The van der Waals surface area contributed by atoms with Crippen LogP contribution in [0.3, 0.4) is 0 Å². The van der Waals surface area contributed by atoms with E-state index < -0.39 is 11.9 Å². The Balaban J connectivity index is 1.27. The van der Waals surface area contributed by atoms with Crippen LogP contribution in [0.1, 0.15) is 90.5 Å². The van der Waals surface area contributed by atoms with Crippen molar-refractivity contribution in [1.82, 2.24) is 0 Å². The SMILES string of the molecule is C=CC(=O)OCCCCCCOc1ccc(C(=O)Oc2ccc(OOCCCCCCCC(=O)Oc3ccc(C)c(C=O)c3)cc2OC)cc1. The lowest BCUT2D eigenvalue weighted by atomic mass is 10.1. The number of aryl methyl sites for hydroxylation is 1. The number of unbranched alkanes of at least 4 members (excludes halogenated alkanes) is 7. The Kier molecular flexibility index (Phi) is 17.7. The standard InChI is InChI=1S/C39H46O11/c1-4-37(41)46-24-12-9-8-11-23-45-32-19-16-30(17-20-32)39(43)49-35-22-21-34(27-36(35)44-3)50-47-25-13-7-5-6-10-14-38(42)48-33-18-15-29(2)31(26-33)28-40/h4,15-22,26-28H,1,5-14,23-25H2,2-3H3. The van der Waals surface area contributed by atoms with Gasteiger partial charge in [-0.3, -0.25) is 9.59 Å². The minimum absolute atomic E-state index is 0.234. The first-order valence-corrected chi connectivity index (χ1v) is 16.8. The summed E-state index contributed by atoms with van der Waals surface area (Å²) in [4.78, 5) is 57.6. The molecule has 0 N–H and O–H groups in total. The van der Waals surface area contributed by atoms with Crippen LogP contribution in [0.4, 0.5) is 0 Å². The van der Waals surface area contributed by atoms with Crippen molar-refractivity contribution in [2.24, 2.45) is 0 Å². The number of rotatable bonds is 24. The molecule has 0 aromatic heterocycles. The molecular formula is C39H46O11. The Morgan fingerprint density at radius 1 is 0.700 bits per heavy atom. The second-order valence-electron chi connectivity index (χ2n) is 11.4. The smallest absolute Gasteiger partial charge is 0.343 e. The predicted molar refractivity (Wildman–Crippen MR) is 186 cm³/mol. The van der Waals surface area contributed by atoms with E-state index in [9.17, 15) is 19.2 Å². The van der Waals surface area contributed by atoms with E-state index in [0.717, 1.165) is 69.3 Å². The molecule has 0 saturated carbocycles. The molecule has 50 heavy (non-hydrogen) atoms. The monoisotopic (exact) mass is 690 g/mol. The first-order valence-electron chi connectivity index (χ1n) is 16.8. The van der Waals surface area contributed by atoms with Crippen LogP contribution in [-0.2, 0) is 19.2 Å². The van der Waals surface area contributed by atoms with Crippen molar-refractivity contribution < 1.29 is 52.6 Å². The molecule has 0 atom stereocenters. The quantitative estimate of drug-likeness (QED) is 0.0172. The summed E-state index contributed by atoms with van der Waals surface area (Å²) < 4.78 is 27.0. The molecule has 3 rings (SSSR count). The van der Waals surface area contributed by atoms with Crippen LogP contribution in [0.25, 0.3) is 0 Å². The minimum atomic E-state index is -0.548. The summed E-state index contributed by atoms with van der Waals surface area (Å²) in [7, 11) is 1.47. The molecule has 0 amide bonds. The third kappa shape index (κ3) is 14.5. The van der Waals surface area contributed by atoms with Gasteiger partial charge >= 0.3 is 17.9 Å². The van der Waals surface area contributed by atoms with Gasteiger partial charge in [0, 0.05) is 24.1 Å². The lowest BCUT2D eigenvalue weighted by molar-refractivity contribution is -0.207. The highest BCUT2D eigenvalue weighted by Crippen LogP contribution is 2.32. The van der Waals surface area contributed by atoms with E-state index in [-0.39, 0.29) is 11.7 Å². The van der Waals surface area contributed by atoms with E-state index in [1.54, 1.807) is 60.7 Å². The maximum atomic E-state index is 12.8. The summed E-state index contributed by atoms with van der Waals surface area (Å²) in [5.74, 6) is 0.692. The van der Waals surface area contributed by atoms with Gasteiger partial charge in [0.15, 0.2) is 17.2 Å². The summed E-state index contributed by atoms with van der Waals surface area (Å²) in [6.45, 7) is 6.49. The van der Waals surface area contributed by atoms with E-state index in [1.807, 2.05) is 6.92 Å². The van der Waals surface area contributed by atoms with Gasteiger partial charge in [-0.25, -0.2) is 9.59 Å². The van der Waals surface area contributed by atoms with Crippen LogP contribution in [0.2, 0.25) is 0 Å². The van der Waals surface area contributed by atoms with Crippen LogP contribution in [0.15, 0.2) is 73.3 Å². The number of hydrogen-bond acceptors (Lipinski definition) is 11. The Bertz CT molecular complexity index is 1530. The summed E-state index contributed by atoms with van der Waals surface area (Å²) in [6.07, 6.45) is 9.91.